The molecule has 0 amide bonds. The minimum Gasteiger partial charge on any atom is -1.00 e. The summed E-state index contributed by atoms with van der Waals surface area (Å²) in [5, 5.41) is 0. The fraction of sp³-hybridized carbons (Fsp3) is 0.571. The first-order chi connectivity index (χ1) is 4.81. The van der Waals surface area contributed by atoms with Crippen molar-refractivity contribution < 1.29 is 26.5 Å². The van der Waals surface area contributed by atoms with E-state index in [2.05, 4.69) is 11.3 Å². The van der Waals surface area contributed by atoms with Crippen molar-refractivity contribution in [2.75, 3.05) is 28.3 Å². The van der Waals surface area contributed by atoms with Crippen LogP contribution in [0.1, 0.15) is 0 Å². The molecule has 74 valence electrons. The van der Waals surface area contributed by atoms with Crippen molar-refractivity contribution in [3.05, 3.63) is 12.7 Å². The summed E-state index contributed by atoms with van der Waals surface area (Å²) in [6.07, 6.45) is 1.11. The summed E-state index contributed by atoms with van der Waals surface area (Å²) in [5.74, 6) is 4.90. The second-order valence-corrected chi connectivity index (χ2v) is 2.84. The van der Waals surface area contributed by atoms with Crippen LogP contribution in [0.2, 0.25) is 0 Å². The van der Waals surface area contributed by atoms with Crippen LogP contribution in [-0.2, 0) is 9.53 Å². The van der Waals surface area contributed by atoms with E-state index in [0.29, 0.717) is 4.59 Å². The van der Waals surface area contributed by atoms with Gasteiger partial charge in [-0.05, 0) is 0 Å². The Morgan fingerprint density at radius 3 is 1.75 bits per heavy atom. The highest BCUT2D eigenvalue weighted by atomic mass is 35.5. The third kappa shape index (κ3) is 57.1. The molecule has 0 aromatic heterocycles. The van der Waals surface area contributed by atoms with Crippen LogP contribution in [0.4, 0.5) is 0 Å². The van der Waals surface area contributed by atoms with Crippen LogP contribution in [0.15, 0.2) is 12.7 Å². The number of quaternary nitrogens is 1. The number of carbonyl (C=O) groups is 1. The summed E-state index contributed by atoms with van der Waals surface area (Å²) < 4.78 is 4.64. The lowest BCUT2D eigenvalue weighted by atomic mass is 10.7. The quantitative estimate of drug-likeness (QED) is 0.159. The Hall–Kier alpha value is -0.580. The summed E-state index contributed by atoms with van der Waals surface area (Å²) in [6.45, 7) is 3.16. The highest BCUT2D eigenvalue weighted by molar-refractivity contribution is 5.80. The second kappa shape index (κ2) is 8.52. The van der Waals surface area contributed by atoms with Crippen molar-refractivity contribution in [3.8, 4) is 0 Å². The van der Waals surface area contributed by atoms with Crippen molar-refractivity contribution in [2.24, 2.45) is 5.84 Å². The number of rotatable bonds is 1. The predicted octanol–water partition coefficient (Wildman–Crippen LogP) is -3.08. The number of esters is 1. The molecule has 0 aromatic carbocycles. The van der Waals surface area contributed by atoms with Gasteiger partial charge >= 0.3 is 5.97 Å². The molecule has 0 fully saturated rings. The monoisotopic (exact) mass is 196 g/mol. The van der Waals surface area contributed by atoms with Gasteiger partial charge in [-0.25, -0.2) is 4.79 Å². The second-order valence-electron chi connectivity index (χ2n) is 2.84. The molecule has 5 heteroatoms. The number of carbonyl (C=O) groups excluding carboxylic acids is 1. The molecule has 0 spiro atoms. The van der Waals surface area contributed by atoms with Gasteiger partial charge in [0.25, 0.3) is 0 Å². The number of hydrogen-bond donors (Lipinski definition) is 1. The molecule has 0 rings (SSSR count). The standard InChI is InChI=1S/C4H6O2.C3H11N2.ClH/c1-3-4(5)6-2;1-5(2,3)4;/h3H,1H2,2H3;4H2,1-3H3;1H/q;+1;/p-1. The van der Waals surface area contributed by atoms with E-state index in [1.807, 2.05) is 21.1 Å². The van der Waals surface area contributed by atoms with Crippen LogP contribution >= 0.6 is 0 Å². The lowest BCUT2D eigenvalue weighted by Crippen LogP contribution is -3.00. The van der Waals surface area contributed by atoms with Crippen molar-refractivity contribution in [3.63, 3.8) is 0 Å². The third-order valence-corrected chi connectivity index (χ3v) is 0.368. The van der Waals surface area contributed by atoms with Gasteiger partial charge in [-0.3, -0.25) is 4.59 Å². The summed E-state index contributed by atoms with van der Waals surface area (Å²) in [5.41, 5.74) is 0. The van der Waals surface area contributed by atoms with Crippen LogP contribution in [-0.4, -0.2) is 38.8 Å². The van der Waals surface area contributed by atoms with E-state index in [1.165, 1.54) is 7.11 Å². The van der Waals surface area contributed by atoms with Crippen LogP contribution in [0, 0.1) is 0 Å². The minimum absolute atomic E-state index is 0. The first kappa shape index (κ1) is 17.5. The van der Waals surface area contributed by atoms with E-state index < -0.39 is 5.97 Å². The maximum Gasteiger partial charge on any atom is 0.329 e. The Labute approximate surface area is 80.0 Å². The van der Waals surface area contributed by atoms with Crippen LogP contribution in [0.5, 0.6) is 0 Å². The van der Waals surface area contributed by atoms with Crippen molar-refractivity contribution in [1.82, 2.24) is 0 Å². The Balaban J connectivity index is -0.000000126. The van der Waals surface area contributed by atoms with Gasteiger partial charge in [0.05, 0.1) is 28.3 Å². The highest BCUT2D eigenvalue weighted by Gasteiger charge is 1.89. The molecular weight excluding hydrogens is 180 g/mol. The Kier molecular flexibility index (Phi) is 12.4. The van der Waals surface area contributed by atoms with Crippen molar-refractivity contribution >= 4 is 5.97 Å². The Morgan fingerprint density at radius 1 is 1.50 bits per heavy atom. The topological polar surface area (TPSA) is 52.3 Å². The van der Waals surface area contributed by atoms with Crippen LogP contribution in [0.3, 0.4) is 0 Å². The number of methoxy groups -OCH3 is 1. The average molecular weight is 197 g/mol. The van der Waals surface area contributed by atoms with Gasteiger partial charge in [0, 0.05) is 6.08 Å². The molecular formula is C7H17ClN2O2. The molecule has 0 unspecified atom stereocenters. The van der Waals surface area contributed by atoms with Crippen molar-refractivity contribution in [2.45, 2.75) is 0 Å². The summed E-state index contributed by atoms with van der Waals surface area (Å²) in [7, 11) is 7.02. The van der Waals surface area contributed by atoms with Gasteiger partial charge in [-0.15, -0.1) is 0 Å². The zero-order valence-corrected chi connectivity index (χ0v) is 8.76. The minimum atomic E-state index is -0.394. The smallest absolute Gasteiger partial charge is 0.329 e. The van der Waals surface area contributed by atoms with Gasteiger partial charge in [0.15, 0.2) is 0 Å². The van der Waals surface area contributed by atoms with E-state index >= 15 is 0 Å². The van der Waals surface area contributed by atoms with Gasteiger partial charge in [-0.1, -0.05) is 6.58 Å². The largest absolute Gasteiger partial charge is 1.00 e. The predicted molar refractivity (Wildman–Crippen MR) is 44.4 cm³/mol. The molecule has 0 saturated heterocycles. The van der Waals surface area contributed by atoms with E-state index in [0.717, 1.165) is 6.08 Å². The molecule has 4 nitrogen and oxygen atoms in total. The number of nitrogens with zero attached hydrogens (tertiary/aromatic N) is 1. The summed E-state index contributed by atoms with van der Waals surface area (Å²) in [6, 6.07) is 0. The Morgan fingerprint density at radius 2 is 1.75 bits per heavy atom. The molecule has 0 saturated carbocycles. The van der Waals surface area contributed by atoms with Crippen LogP contribution < -0.4 is 18.2 Å². The zero-order valence-electron chi connectivity index (χ0n) is 8.00. The zero-order chi connectivity index (χ0) is 9.49. The van der Waals surface area contributed by atoms with E-state index in [9.17, 15) is 4.79 Å². The summed E-state index contributed by atoms with van der Waals surface area (Å²) >= 11 is 0. The van der Waals surface area contributed by atoms with Crippen molar-refractivity contribution in [1.29, 1.82) is 0 Å². The number of nitrogens with two attached hydrogens (primary N) is 1. The van der Waals surface area contributed by atoms with E-state index in [1.54, 1.807) is 0 Å². The number of halogens is 1. The molecule has 0 aliphatic carbocycles. The van der Waals surface area contributed by atoms with Gasteiger partial charge in [0.1, 0.15) is 0 Å². The lowest BCUT2D eigenvalue weighted by molar-refractivity contribution is -0.882. The first-order valence-electron chi connectivity index (χ1n) is 3.11. The first-order valence-corrected chi connectivity index (χ1v) is 3.11. The fourth-order valence-electron chi connectivity index (χ4n) is 0.0833. The molecule has 0 heterocycles. The molecule has 0 aromatic rings. The molecule has 0 bridgehead atoms. The molecule has 2 N–H and O–H groups in total. The number of hydrogen-bond acceptors (Lipinski definition) is 3. The molecule has 0 aliphatic heterocycles. The average Bonchev–Trinajstić information content (AvgIpc) is 1.83. The van der Waals surface area contributed by atoms with E-state index in [-0.39, 0.29) is 12.4 Å². The van der Waals surface area contributed by atoms with Gasteiger partial charge in [-0.2, -0.15) is 5.84 Å². The van der Waals surface area contributed by atoms with Crippen LogP contribution in [0.25, 0.3) is 0 Å². The Bertz CT molecular complexity index is 126. The maximum absolute atomic E-state index is 9.84. The normalized spacial score (nSPS) is 8.42. The van der Waals surface area contributed by atoms with Gasteiger partial charge in [0.2, 0.25) is 0 Å². The lowest BCUT2D eigenvalue weighted by Gasteiger charge is -2.12. The highest BCUT2D eigenvalue weighted by Crippen LogP contribution is 1.67. The molecule has 0 radical (unpaired) electrons. The molecule has 0 aliphatic rings. The number of ether oxygens (including phenoxy) is 1. The van der Waals surface area contributed by atoms with Gasteiger partial charge < -0.3 is 17.1 Å². The third-order valence-electron chi connectivity index (χ3n) is 0.368. The fourth-order valence-corrected chi connectivity index (χ4v) is 0.0833. The van der Waals surface area contributed by atoms with E-state index in [4.69, 9.17) is 5.84 Å². The maximum atomic E-state index is 9.84. The SMILES string of the molecule is C=CC(=O)OC.C[N+](C)(C)N.[Cl-]. The summed E-state index contributed by atoms with van der Waals surface area (Å²) in [4.78, 5) is 9.84. The molecule has 0 atom stereocenters. The molecule has 12 heavy (non-hydrogen) atoms.